The highest BCUT2D eigenvalue weighted by molar-refractivity contribution is 6.30. The Morgan fingerprint density at radius 3 is 2.80 bits per heavy atom. The fraction of sp³-hybridized carbons (Fsp3) is 0.500. The van der Waals surface area contributed by atoms with Crippen LogP contribution >= 0.6 is 11.6 Å². The standard InChI is InChI=1S/C14H18ClFN2O2/c1-20-9-14(4-6-17-7-5-14)13(19)18-10-2-3-11(15)12(16)8-10/h2-3,8,17H,4-7,9H2,1H3,(H,18,19). The van der Waals surface area contributed by atoms with Crippen LogP contribution in [-0.4, -0.2) is 32.7 Å². The maximum absolute atomic E-state index is 13.4. The Morgan fingerprint density at radius 2 is 2.20 bits per heavy atom. The molecule has 20 heavy (non-hydrogen) atoms. The van der Waals surface area contributed by atoms with Gasteiger partial charge in [-0.3, -0.25) is 4.79 Å². The van der Waals surface area contributed by atoms with Gasteiger partial charge in [-0.05, 0) is 44.1 Å². The van der Waals surface area contributed by atoms with E-state index in [1.54, 1.807) is 13.2 Å². The Balaban J connectivity index is 2.13. The molecule has 0 aromatic heterocycles. The van der Waals surface area contributed by atoms with Crippen molar-refractivity contribution in [2.45, 2.75) is 12.8 Å². The molecule has 0 aliphatic carbocycles. The van der Waals surface area contributed by atoms with Crippen molar-refractivity contribution >= 4 is 23.2 Å². The molecule has 2 N–H and O–H groups in total. The maximum Gasteiger partial charge on any atom is 0.233 e. The lowest BCUT2D eigenvalue weighted by Crippen LogP contribution is -2.47. The van der Waals surface area contributed by atoms with Gasteiger partial charge in [0.2, 0.25) is 5.91 Å². The van der Waals surface area contributed by atoms with E-state index in [0.29, 0.717) is 25.1 Å². The quantitative estimate of drug-likeness (QED) is 0.898. The highest BCUT2D eigenvalue weighted by Gasteiger charge is 2.39. The van der Waals surface area contributed by atoms with Gasteiger partial charge in [-0.2, -0.15) is 0 Å². The summed E-state index contributed by atoms with van der Waals surface area (Å²) in [7, 11) is 1.58. The molecule has 0 saturated carbocycles. The third kappa shape index (κ3) is 3.29. The van der Waals surface area contributed by atoms with Gasteiger partial charge in [0.05, 0.1) is 17.0 Å². The van der Waals surface area contributed by atoms with E-state index in [9.17, 15) is 9.18 Å². The first kappa shape index (κ1) is 15.2. The van der Waals surface area contributed by atoms with E-state index in [2.05, 4.69) is 10.6 Å². The Kier molecular flexibility index (Phi) is 4.96. The number of nitrogens with one attached hydrogen (secondary N) is 2. The largest absolute Gasteiger partial charge is 0.384 e. The van der Waals surface area contributed by atoms with E-state index in [0.717, 1.165) is 13.1 Å². The first-order chi connectivity index (χ1) is 9.57. The molecule has 0 atom stereocenters. The van der Waals surface area contributed by atoms with Gasteiger partial charge < -0.3 is 15.4 Å². The summed E-state index contributed by atoms with van der Waals surface area (Å²) in [4.78, 5) is 12.5. The Morgan fingerprint density at radius 1 is 1.50 bits per heavy atom. The van der Waals surface area contributed by atoms with Crippen LogP contribution in [0.15, 0.2) is 18.2 Å². The fourth-order valence-corrected chi connectivity index (χ4v) is 2.57. The van der Waals surface area contributed by atoms with Gasteiger partial charge >= 0.3 is 0 Å². The molecule has 0 radical (unpaired) electrons. The normalized spacial score (nSPS) is 17.8. The highest BCUT2D eigenvalue weighted by Crippen LogP contribution is 2.31. The number of methoxy groups -OCH3 is 1. The van der Waals surface area contributed by atoms with E-state index >= 15 is 0 Å². The van der Waals surface area contributed by atoms with E-state index in [1.165, 1.54) is 12.1 Å². The number of hydrogen-bond acceptors (Lipinski definition) is 3. The van der Waals surface area contributed by atoms with Crippen molar-refractivity contribution in [3.63, 3.8) is 0 Å². The second-order valence-electron chi connectivity index (χ2n) is 5.05. The van der Waals surface area contributed by atoms with E-state index in [-0.39, 0.29) is 10.9 Å². The van der Waals surface area contributed by atoms with Crippen molar-refractivity contribution in [3.8, 4) is 0 Å². The number of carbonyl (C=O) groups excluding carboxylic acids is 1. The summed E-state index contributed by atoms with van der Waals surface area (Å²) >= 11 is 5.63. The fourth-order valence-electron chi connectivity index (χ4n) is 2.46. The summed E-state index contributed by atoms with van der Waals surface area (Å²) < 4.78 is 18.6. The minimum absolute atomic E-state index is 0.0384. The van der Waals surface area contributed by atoms with Gasteiger partial charge in [0.25, 0.3) is 0 Å². The van der Waals surface area contributed by atoms with Crippen LogP contribution < -0.4 is 10.6 Å². The molecule has 1 aromatic carbocycles. The number of amides is 1. The van der Waals surface area contributed by atoms with Crippen molar-refractivity contribution in [1.82, 2.24) is 5.32 Å². The zero-order valence-corrected chi connectivity index (χ0v) is 12.1. The highest BCUT2D eigenvalue weighted by atomic mass is 35.5. The number of carbonyl (C=O) groups is 1. The van der Waals surface area contributed by atoms with Crippen molar-refractivity contribution < 1.29 is 13.9 Å². The second-order valence-corrected chi connectivity index (χ2v) is 5.45. The summed E-state index contributed by atoms with van der Waals surface area (Å²) in [5, 5.41) is 6.02. The molecule has 4 nitrogen and oxygen atoms in total. The van der Waals surface area contributed by atoms with Crippen LogP contribution in [0.1, 0.15) is 12.8 Å². The van der Waals surface area contributed by atoms with Crippen LogP contribution in [0, 0.1) is 11.2 Å². The second kappa shape index (κ2) is 6.52. The molecule has 1 saturated heterocycles. The van der Waals surface area contributed by atoms with Crippen molar-refractivity contribution in [2.24, 2.45) is 5.41 Å². The van der Waals surface area contributed by atoms with Crippen LogP contribution in [0.2, 0.25) is 5.02 Å². The van der Waals surface area contributed by atoms with Crippen LogP contribution in [0.25, 0.3) is 0 Å². The average molecular weight is 301 g/mol. The summed E-state index contributed by atoms with van der Waals surface area (Å²) in [5.74, 6) is -0.682. The van der Waals surface area contributed by atoms with Gasteiger partial charge in [-0.25, -0.2) is 4.39 Å². The molecule has 1 amide bonds. The van der Waals surface area contributed by atoms with E-state index < -0.39 is 11.2 Å². The van der Waals surface area contributed by atoms with Crippen LogP contribution in [0.5, 0.6) is 0 Å². The Hall–Kier alpha value is -1.17. The van der Waals surface area contributed by atoms with Crippen molar-refractivity contribution in [1.29, 1.82) is 0 Å². The molecular weight excluding hydrogens is 283 g/mol. The first-order valence-corrected chi connectivity index (χ1v) is 6.91. The lowest BCUT2D eigenvalue weighted by Gasteiger charge is -2.35. The SMILES string of the molecule is COCC1(C(=O)Nc2ccc(Cl)c(F)c2)CCNCC1. The monoisotopic (exact) mass is 300 g/mol. The third-order valence-corrected chi connectivity index (χ3v) is 3.95. The topological polar surface area (TPSA) is 50.4 Å². The van der Waals surface area contributed by atoms with Gasteiger partial charge in [0.1, 0.15) is 5.82 Å². The van der Waals surface area contributed by atoms with Gasteiger partial charge in [0.15, 0.2) is 0 Å². The molecule has 1 aliphatic rings. The number of piperidine rings is 1. The number of halogens is 2. The Labute approximate surface area is 122 Å². The van der Waals surface area contributed by atoms with Crippen LogP contribution in [0.3, 0.4) is 0 Å². The van der Waals surface area contributed by atoms with Crippen LogP contribution in [-0.2, 0) is 9.53 Å². The number of rotatable bonds is 4. The van der Waals surface area contributed by atoms with Gasteiger partial charge in [0, 0.05) is 12.8 Å². The lowest BCUT2D eigenvalue weighted by molar-refractivity contribution is -0.130. The maximum atomic E-state index is 13.4. The number of benzene rings is 1. The van der Waals surface area contributed by atoms with Crippen molar-refractivity contribution in [3.05, 3.63) is 29.0 Å². The molecule has 1 aromatic rings. The molecule has 1 aliphatic heterocycles. The number of ether oxygens (including phenoxy) is 1. The molecule has 0 spiro atoms. The predicted molar refractivity (Wildman–Crippen MR) is 76.5 cm³/mol. The molecule has 1 fully saturated rings. The molecule has 1 heterocycles. The molecule has 0 unspecified atom stereocenters. The molecule has 0 bridgehead atoms. The Bertz CT molecular complexity index is 485. The zero-order valence-electron chi connectivity index (χ0n) is 11.3. The molecule has 6 heteroatoms. The van der Waals surface area contributed by atoms with Crippen LogP contribution in [0.4, 0.5) is 10.1 Å². The lowest BCUT2D eigenvalue weighted by atomic mass is 9.78. The summed E-state index contributed by atoms with van der Waals surface area (Å²) in [5.41, 5.74) is -0.151. The predicted octanol–water partition coefficient (Wildman–Crippen LogP) is 2.43. The van der Waals surface area contributed by atoms with Gasteiger partial charge in [-0.15, -0.1) is 0 Å². The van der Waals surface area contributed by atoms with E-state index in [1.807, 2.05) is 0 Å². The average Bonchev–Trinajstić information content (AvgIpc) is 2.44. The molecule has 2 rings (SSSR count). The first-order valence-electron chi connectivity index (χ1n) is 6.53. The molecule has 110 valence electrons. The molecular formula is C14H18ClFN2O2. The zero-order chi connectivity index (χ0) is 14.6. The minimum Gasteiger partial charge on any atom is -0.384 e. The summed E-state index contributed by atoms with van der Waals surface area (Å²) in [6.07, 6.45) is 1.39. The summed E-state index contributed by atoms with van der Waals surface area (Å²) in [6, 6.07) is 4.24. The van der Waals surface area contributed by atoms with Gasteiger partial charge in [-0.1, -0.05) is 11.6 Å². The summed E-state index contributed by atoms with van der Waals surface area (Å²) in [6.45, 7) is 1.90. The van der Waals surface area contributed by atoms with Crippen molar-refractivity contribution in [2.75, 3.05) is 32.1 Å². The third-order valence-electron chi connectivity index (χ3n) is 3.64. The number of anilines is 1. The number of hydrogen-bond donors (Lipinski definition) is 2. The van der Waals surface area contributed by atoms with E-state index in [4.69, 9.17) is 16.3 Å². The smallest absolute Gasteiger partial charge is 0.233 e. The minimum atomic E-state index is -0.559.